The van der Waals surface area contributed by atoms with Crippen LogP contribution in [0.15, 0.2) is 35.1 Å². The maximum Gasteiger partial charge on any atom is 0.274 e. The van der Waals surface area contributed by atoms with Gasteiger partial charge in [0.1, 0.15) is 5.69 Å². The van der Waals surface area contributed by atoms with Crippen LogP contribution in [0.5, 0.6) is 0 Å². The van der Waals surface area contributed by atoms with Crippen molar-refractivity contribution < 1.29 is 9.53 Å². The quantitative estimate of drug-likeness (QED) is 0.727. The van der Waals surface area contributed by atoms with Gasteiger partial charge in [-0.15, -0.1) is 5.10 Å². The number of ether oxygens (including phenoxy) is 1. The van der Waals surface area contributed by atoms with Gasteiger partial charge in [-0.05, 0) is 12.5 Å². The molecule has 1 N–H and O–H groups in total. The van der Waals surface area contributed by atoms with Gasteiger partial charge in [0.05, 0.1) is 13.2 Å². The second-order valence-electron chi connectivity index (χ2n) is 6.33. The molecule has 3 aromatic rings. The molecule has 0 unspecified atom stereocenters. The normalized spacial score (nSPS) is 14.5. The van der Waals surface area contributed by atoms with Gasteiger partial charge in [0.2, 0.25) is 10.1 Å². The Labute approximate surface area is 159 Å². The first-order chi connectivity index (χ1) is 13.1. The topological polar surface area (TPSA) is 88.8 Å². The number of nitrogens with one attached hydrogen (secondary N) is 1. The van der Waals surface area contributed by atoms with Crippen molar-refractivity contribution in [2.75, 3.05) is 31.2 Å². The van der Waals surface area contributed by atoms with Gasteiger partial charge in [0.15, 0.2) is 0 Å². The van der Waals surface area contributed by atoms with Crippen LogP contribution in [-0.2, 0) is 11.3 Å². The fraction of sp³-hybridized carbons (Fsp3) is 0.333. The Morgan fingerprint density at radius 2 is 2.11 bits per heavy atom. The van der Waals surface area contributed by atoms with Crippen LogP contribution >= 0.6 is 11.3 Å². The number of aryl methyl sites for hydroxylation is 1. The van der Waals surface area contributed by atoms with E-state index < -0.39 is 5.56 Å². The third-order valence-corrected chi connectivity index (χ3v) is 5.26. The second kappa shape index (κ2) is 7.45. The van der Waals surface area contributed by atoms with Gasteiger partial charge < -0.3 is 15.0 Å². The molecule has 3 heterocycles. The molecule has 27 heavy (non-hydrogen) atoms. The fourth-order valence-electron chi connectivity index (χ4n) is 2.94. The Kier molecular flexibility index (Phi) is 4.87. The number of aromatic nitrogens is 3. The summed E-state index contributed by atoms with van der Waals surface area (Å²) in [5, 5.41) is 8.09. The highest BCUT2D eigenvalue weighted by atomic mass is 32.1. The zero-order valence-corrected chi connectivity index (χ0v) is 15.7. The lowest BCUT2D eigenvalue weighted by molar-refractivity contribution is 0.0943. The highest BCUT2D eigenvalue weighted by Crippen LogP contribution is 2.23. The number of hydrogen-bond acceptors (Lipinski definition) is 7. The van der Waals surface area contributed by atoms with Crippen molar-refractivity contribution >= 4 is 27.3 Å². The first-order valence-corrected chi connectivity index (χ1v) is 9.49. The van der Waals surface area contributed by atoms with E-state index in [4.69, 9.17) is 4.74 Å². The molecule has 9 heteroatoms. The summed E-state index contributed by atoms with van der Waals surface area (Å²) >= 11 is 1.30. The highest BCUT2D eigenvalue weighted by Gasteiger charge is 2.20. The number of benzene rings is 1. The predicted octanol–water partition coefficient (Wildman–Crippen LogP) is 1.23. The number of carbonyl (C=O) groups excluding carboxylic acids is 1. The second-order valence-corrected chi connectivity index (χ2v) is 7.26. The van der Waals surface area contributed by atoms with Gasteiger partial charge in [0, 0.05) is 25.7 Å². The van der Waals surface area contributed by atoms with Crippen LogP contribution in [-0.4, -0.2) is 46.8 Å². The van der Waals surface area contributed by atoms with Crippen molar-refractivity contribution in [3.63, 3.8) is 0 Å². The lowest BCUT2D eigenvalue weighted by Gasteiger charge is -2.25. The minimum absolute atomic E-state index is 0.188. The fourth-order valence-corrected chi connectivity index (χ4v) is 3.90. The summed E-state index contributed by atoms with van der Waals surface area (Å²) in [4.78, 5) is 31.1. The van der Waals surface area contributed by atoms with Crippen LogP contribution in [0.3, 0.4) is 0 Å². The van der Waals surface area contributed by atoms with Gasteiger partial charge in [-0.2, -0.15) is 9.50 Å². The van der Waals surface area contributed by atoms with E-state index in [0.29, 0.717) is 24.7 Å². The van der Waals surface area contributed by atoms with Crippen LogP contribution < -0.4 is 15.8 Å². The molecular formula is C18H19N5O3S. The number of hydrogen-bond donors (Lipinski definition) is 1. The zero-order valence-electron chi connectivity index (χ0n) is 14.8. The van der Waals surface area contributed by atoms with Crippen molar-refractivity contribution in [2.24, 2.45) is 0 Å². The number of anilines is 1. The van der Waals surface area contributed by atoms with E-state index in [0.717, 1.165) is 29.3 Å². The monoisotopic (exact) mass is 385 g/mol. The molecule has 8 nitrogen and oxygen atoms in total. The molecule has 1 aliphatic heterocycles. The molecule has 2 aromatic heterocycles. The molecule has 0 bridgehead atoms. The average Bonchev–Trinajstić information content (AvgIpc) is 3.10. The molecule has 0 saturated carbocycles. The zero-order chi connectivity index (χ0) is 18.8. The summed E-state index contributed by atoms with van der Waals surface area (Å²) in [7, 11) is 0. The van der Waals surface area contributed by atoms with Crippen molar-refractivity contribution in [2.45, 2.75) is 13.5 Å². The molecule has 1 amide bonds. The van der Waals surface area contributed by atoms with E-state index in [-0.39, 0.29) is 11.6 Å². The first-order valence-electron chi connectivity index (χ1n) is 8.67. The van der Waals surface area contributed by atoms with Gasteiger partial charge in [-0.1, -0.05) is 41.2 Å². The van der Waals surface area contributed by atoms with E-state index in [1.807, 2.05) is 31.2 Å². The molecular weight excluding hydrogens is 366 g/mol. The molecule has 0 radical (unpaired) electrons. The predicted molar refractivity (Wildman–Crippen MR) is 103 cm³/mol. The minimum atomic E-state index is -0.451. The Morgan fingerprint density at radius 1 is 1.30 bits per heavy atom. The van der Waals surface area contributed by atoms with Gasteiger partial charge in [0.25, 0.3) is 11.5 Å². The number of carbonyl (C=O) groups is 1. The van der Waals surface area contributed by atoms with Gasteiger partial charge in [-0.3, -0.25) is 9.59 Å². The SMILES string of the molecule is Cc1cccc(CNC(=O)c2cc(=O)nc3sc(N4CCOCC4)nn23)c1. The highest BCUT2D eigenvalue weighted by molar-refractivity contribution is 7.20. The molecule has 1 saturated heterocycles. The molecule has 0 aliphatic carbocycles. The third kappa shape index (κ3) is 3.83. The van der Waals surface area contributed by atoms with Crippen molar-refractivity contribution in [3.05, 3.63) is 57.5 Å². The Bertz CT molecular complexity index is 1040. The van der Waals surface area contributed by atoms with Crippen LogP contribution in [0.25, 0.3) is 4.96 Å². The van der Waals surface area contributed by atoms with Gasteiger partial charge >= 0.3 is 0 Å². The third-order valence-electron chi connectivity index (χ3n) is 4.29. The molecule has 0 spiro atoms. The first kappa shape index (κ1) is 17.6. The van der Waals surface area contributed by atoms with Crippen LogP contribution in [0.1, 0.15) is 21.6 Å². The summed E-state index contributed by atoms with van der Waals surface area (Å²) < 4.78 is 6.80. The smallest absolute Gasteiger partial charge is 0.274 e. The Morgan fingerprint density at radius 3 is 2.89 bits per heavy atom. The standard InChI is InChI=1S/C18H19N5O3S/c1-12-3-2-4-13(9-12)11-19-16(25)14-10-15(24)20-17-23(14)21-18(27-17)22-5-7-26-8-6-22/h2-4,9-10H,5-8,11H2,1H3,(H,19,25). The number of fused-ring (bicyclic) bond motifs is 1. The van der Waals surface area contributed by atoms with E-state index in [1.165, 1.54) is 21.9 Å². The summed E-state index contributed by atoms with van der Waals surface area (Å²) in [5.41, 5.74) is 1.86. The van der Waals surface area contributed by atoms with Gasteiger partial charge in [-0.25, -0.2) is 0 Å². The maximum absolute atomic E-state index is 12.7. The number of nitrogens with zero attached hydrogens (tertiary/aromatic N) is 4. The van der Waals surface area contributed by atoms with E-state index in [2.05, 4.69) is 20.3 Å². The molecule has 140 valence electrons. The lowest BCUT2D eigenvalue weighted by Crippen LogP contribution is -2.36. The summed E-state index contributed by atoms with van der Waals surface area (Å²) in [6.07, 6.45) is 0. The number of rotatable bonds is 4. The van der Waals surface area contributed by atoms with E-state index in [1.54, 1.807) is 0 Å². The van der Waals surface area contributed by atoms with E-state index in [9.17, 15) is 9.59 Å². The van der Waals surface area contributed by atoms with Crippen LogP contribution in [0.2, 0.25) is 0 Å². The molecule has 0 atom stereocenters. The van der Waals surface area contributed by atoms with Crippen LogP contribution in [0.4, 0.5) is 5.13 Å². The van der Waals surface area contributed by atoms with Crippen molar-refractivity contribution in [1.29, 1.82) is 0 Å². The largest absolute Gasteiger partial charge is 0.378 e. The Balaban J connectivity index is 1.60. The summed E-state index contributed by atoms with van der Waals surface area (Å²) in [6, 6.07) is 9.12. The average molecular weight is 385 g/mol. The molecule has 1 fully saturated rings. The minimum Gasteiger partial charge on any atom is -0.378 e. The molecule has 4 rings (SSSR count). The Hall–Kier alpha value is -2.78. The van der Waals surface area contributed by atoms with Crippen LogP contribution in [0, 0.1) is 6.92 Å². The van der Waals surface area contributed by atoms with Crippen molar-refractivity contribution in [1.82, 2.24) is 19.9 Å². The number of morpholine rings is 1. The lowest BCUT2D eigenvalue weighted by atomic mass is 10.1. The summed E-state index contributed by atoms with van der Waals surface area (Å²) in [5.74, 6) is -0.357. The molecule has 1 aliphatic rings. The molecule has 1 aromatic carbocycles. The van der Waals surface area contributed by atoms with E-state index >= 15 is 0 Å². The maximum atomic E-state index is 12.7. The summed E-state index contributed by atoms with van der Waals surface area (Å²) in [6.45, 7) is 5.08. The van der Waals surface area contributed by atoms with Crippen molar-refractivity contribution in [3.8, 4) is 0 Å². The number of amides is 1.